The molecule has 0 fully saturated rings. The monoisotopic (exact) mass is 2810 g/mol. The van der Waals surface area contributed by atoms with Crippen molar-refractivity contribution in [2.75, 3.05) is 0 Å². The van der Waals surface area contributed by atoms with Crippen molar-refractivity contribution in [3.05, 3.63) is 0 Å². The second-order valence-corrected chi connectivity index (χ2v) is 3.34. The maximum absolute atomic E-state index is 2.83. The van der Waals surface area contributed by atoms with Crippen molar-refractivity contribution in [3.8, 4) is 0 Å². The van der Waals surface area contributed by atoms with Gasteiger partial charge in [0, 0.05) is 232 Å². The maximum atomic E-state index is 2.83. The summed E-state index contributed by atoms with van der Waals surface area (Å²) in [5, 5.41) is 0. The van der Waals surface area contributed by atoms with E-state index in [1.54, 1.807) is 32.4 Å². The van der Waals surface area contributed by atoms with Gasteiger partial charge in [-0.25, -0.2) is 0 Å². The summed E-state index contributed by atoms with van der Waals surface area (Å²) in [4.78, 5) is 0. The first-order valence-electron chi connectivity index (χ1n) is 1.57. The van der Waals surface area contributed by atoms with Crippen LogP contribution in [0.2, 0.25) is 0 Å². The van der Waals surface area contributed by atoms with Crippen LogP contribution in [-0.2, 0) is 303 Å². The van der Waals surface area contributed by atoms with E-state index in [4.69, 9.17) is 0 Å². The fourth-order valence-electron chi connectivity index (χ4n) is 0. The van der Waals surface area contributed by atoms with Crippen molar-refractivity contribution < 1.29 is 303 Å². The number of hydrogen-bond acceptors (Lipinski definition) is 0. The van der Waals surface area contributed by atoms with Crippen molar-refractivity contribution in [1.82, 2.24) is 0 Å². The van der Waals surface area contributed by atoms with Gasteiger partial charge in [0.15, 0.2) is 0 Å². The summed E-state index contributed by atoms with van der Waals surface area (Å²) in [6.45, 7) is 3.82. The first-order valence-corrected chi connectivity index (χ1v) is 15.5. The van der Waals surface area contributed by atoms with E-state index in [1.807, 2.05) is 13.8 Å². The van der Waals surface area contributed by atoms with E-state index in [0.29, 0.717) is 0 Å². The van der Waals surface area contributed by atoms with Gasteiger partial charge in [0.2, 0.25) is 0 Å². The van der Waals surface area contributed by atoms with E-state index < -0.39 is 0 Å². The summed E-state index contributed by atoms with van der Waals surface area (Å²) in [7, 11) is 0. The van der Waals surface area contributed by atoms with Gasteiger partial charge in [-0.05, 0) is 0 Å². The molecule has 0 aromatic carbocycles. The molecular weight excluding hydrogens is 2810 g/mol. The molecule has 0 bridgehead atoms. The quantitative estimate of drug-likeness (QED) is 0.310. The average Bonchev–Trinajstić information content (AvgIpc) is 1.75. The first-order chi connectivity index (χ1) is 3.83. The molecule has 0 aromatic heterocycles. The average molecular weight is 2810 g/mol. The molecule has 0 spiro atoms. The zero-order chi connectivity index (χ0) is 7.41. The summed E-state index contributed by atoms with van der Waals surface area (Å²) in [6, 6.07) is 0. The Morgan fingerprint density at radius 2 is 0.421 bits per heavy atom. The fraction of sp³-hybridized carbons (Fsp3) is 0.500. The molecule has 0 unspecified atom stereocenters. The van der Waals surface area contributed by atoms with Crippen molar-refractivity contribution in [2.24, 2.45) is 0 Å². The molecule has 0 atom stereocenters. The van der Waals surface area contributed by atoms with Crippen LogP contribution >= 0.6 is 0 Å². The second kappa shape index (κ2) is 141. The molecule has 0 amide bonds. The van der Waals surface area contributed by atoms with E-state index >= 15 is 0 Å². The van der Waals surface area contributed by atoms with Crippen molar-refractivity contribution in [1.29, 1.82) is 0 Å². The predicted octanol–water partition coefficient (Wildman–Crippen LogP) is 0.432. The Labute approximate surface area is 317 Å². The molecule has 0 aliphatic heterocycles. The third-order valence-corrected chi connectivity index (χ3v) is 0. The van der Waals surface area contributed by atoms with Crippen LogP contribution in [0.15, 0.2) is 0 Å². The number of hydrogen-bond donors (Lipinski definition) is 0. The van der Waals surface area contributed by atoms with Gasteiger partial charge in [-0.2, -0.15) is 0 Å². The Morgan fingerprint density at radius 3 is 0.421 bits per heavy atom. The standard InChI is InChI=1S/2C2H3.15W/c2*1-2;;;;;;;;;;;;;;;/h2*1H3;;;;;;;;;;;;;;;/q2*-1;;;;;;;;;;;;;;;. The van der Waals surface area contributed by atoms with Crippen LogP contribution < -0.4 is 0 Å². The third-order valence-electron chi connectivity index (χ3n) is 0. The molecule has 19 heavy (non-hydrogen) atoms. The molecule has 0 N–H and O–H groups in total. The van der Waals surface area contributed by atoms with Gasteiger partial charge >= 0.3 is 93.8 Å². The topological polar surface area (TPSA) is 0 Å². The van der Waals surface area contributed by atoms with Gasteiger partial charge in [-0.1, -0.05) is 0 Å². The Balaban J connectivity index is -0.00000000129. The summed E-state index contributed by atoms with van der Waals surface area (Å²) in [5.41, 5.74) is 0. The normalized spacial score (nSPS) is 1.58. The fourth-order valence-corrected chi connectivity index (χ4v) is 0. The van der Waals surface area contributed by atoms with Gasteiger partial charge in [0.1, 0.15) is 0 Å². The van der Waals surface area contributed by atoms with Crippen LogP contribution in [0.1, 0.15) is 13.8 Å². The summed E-state index contributed by atoms with van der Waals surface area (Å²) >= 11 is 6.18. The van der Waals surface area contributed by atoms with E-state index in [9.17, 15) is 0 Å². The molecule has 0 radical (unpaired) electrons. The predicted molar refractivity (Wildman–Crippen MR) is 21.4 cm³/mol. The van der Waals surface area contributed by atoms with Gasteiger partial charge in [-0.15, -0.1) is 0 Å². The Bertz CT molecular complexity index is 43.4. The zero-order valence-corrected chi connectivity index (χ0v) is 53.1. The van der Waals surface area contributed by atoms with Crippen LogP contribution in [0.5, 0.6) is 0 Å². The van der Waals surface area contributed by atoms with Crippen LogP contribution in [0.3, 0.4) is 0 Å². The SMILES string of the molecule is C[C-]=[W].C[C-]=[W].[W].[W].[W].[W].[W].[W].[W].[W].[W].[W].[W].[W]=[W]. The number of rotatable bonds is 0. The molecule has 0 aliphatic carbocycles. The molecule has 0 saturated heterocycles. The molecule has 0 rings (SSSR count). The molecule has 0 aliphatic rings. The third kappa shape index (κ3) is 188. The molecule has 0 aromatic rings. The summed E-state index contributed by atoms with van der Waals surface area (Å²) in [6.07, 6.45) is 0. The summed E-state index contributed by atoms with van der Waals surface area (Å²) < 4.78 is 5.67. The van der Waals surface area contributed by atoms with E-state index in [2.05, 4.69) is 8.80 Å². The van der Waals surface area contributed by atoms with Crippen molar-refractivity contribution >= 4 is 8.80 Å². The van der Waals surface area contributed by atoms with Crippen molar-refractivity contribution in [2.45, 2.75) is 13.8 Å². The van der Waals surface area contributed by atoms with Crippen LogP contribution in [0.25, 0.3) is 0 Å². The first kappa shape index (κ1) is 101. The van der Waals surface area contributed by atoms with Crippen LogP contribution in [-0.4, -0.2) is 8.80 Å². The van der Waals surface area contributed by atoms with E-state index in [0.717, 1.165) is 0 Å². The molecule has 114 valence electrons. The van der Waals surface area contributed by atoms with Crippen LogP contribution in [0, 0.1) is 0 Å². The van der Waals surface area contributed by atoms with Gasteiger partial charge in [-0.3, -0.25) is 0 Å². The zero-order valence-electron chi connectivity index (χ0n) is 9.12. The second-order valence-electron chi connectivity index (χ2n) is 0.408. The van der Waals surface area contributed by atoms with Crippen molar-refractivity contribution in [3.63, 3.8) is 0 Å². The van der Waals surface area contributed by atoms with Crippen LogP contribution in [0.4, 0.5) is 0 Å². The van der Waals surface area contributed by atoms with E-state index in [1.165, 1.54) is 38.7 Å². The Kier molecular flexibility index (Phi) is 750. The van der Waals surface area contributed by atoms with Gasteiger partial charge in [0.25, 0.3) is 0 Å². The molecule has 15 heteroatoms. The molecule has 0 heterocycles. The molecule has 0 saturated carbocycles. The van der Waals surface area contributed by atoms with Gasteiger partial charge in [0.05, 0.1) is 0 Å². The van der Waals surface area contributed by atoms with E-state index in [-0.39, 0.29) is 232 Å². The minimum atomic E-state index is 0. The Hall–Kier alpha value is 10.1. The summed E-state index contributed by atoms with van der Waals surface area (Å²) in [5.74, 6) is 0. The molecular formula is C4H6W15-2. The molecule has 0 nitrogen and oxygen atoms in total. The minimum absolute atomic E-state index is 0. The van der Waals surface area contributed by atoms with Gasteiger partial charge < -0.3 is 0 Å². The Morgan fingerprint density at radius 1 is 0.421 bits per heavy atom.